The Morgan fingerprint density at radius 3 is 1.59 bits per heavy atom. The highest BCUT2D eigenvalue weighted by Gasteiger charge is 2.63. The van der Waals surface area contributed by atoms with Crippen LogP contribution in [0.3, 0.4) is 0 Å². The maximum absolute atomic E-state index is 4.87. The lowest BCUT2D eigenvalue weighted by Gasteiger charge is -2.37. The summed E-state index contributed by atoms with van der Waals surface area (Å²) < 4.78 is 4.57. The molecule has 2 aromatic heterocycles. The predicted molar refractivity (Wildman–Crippen MR) is 106 cm³/mol. The molecule has 4 atom stereocenters. The van der Waals surface area contributed by atoms with Gasteiger partial charge in [0.2, 0.25) is 0 Å². The number of rotatable bonds is 2. The van der Waals surface area contributed by atoms with Gasteiger partial charge in [0.1, 0.15) is 6.67 Å². The van der Waals surface area contributed by atoms with Crippen molar-refractivity contribution in [2.24, 2.45) is 10.8 Å². The molecule has 0 aromatic carbocycles. The lowest BCUT2D eigenvalue weighted by atomic mass is 9.70. The molecular weight excluding hydrogens is 332 g/mol. The first-order valence-electron chi connectivity index (χ1n) is 10.8. The summed E-state index contributed by atoms with van der Waals surface area (Å²) in [7, 11) is 0. The third kappa shape index (κ3) is 1.50. The molecular formula is C23H32N4. The van der Waals surface area contributed by atoms with E-state index in [2.05, 4.69) is 63.3 Å². The Morgan fingerprint density at radius 2 is 1.19 bits per heavy atom. The second kappa shape index (κ2) is 4.36. The summed E-state index contributed by atoms with van der Waals surface area (Å²) in [5.41, 5.74) is 7.13. The van der Waals surface area contributed by atoms with E-state index in [0.717, 1.165) is 6.67 Å². The smallest absolute Gasteiger partial charge is 0.133 e. The molecule has 4 heteroatoms. The van der Waals surface area contributed by atoms with Crippen LogP contribution in [0.2, 0.25) is 0 Å². The van der Waals surface area contributed by atoms with Crippen LogP contribution in [0.15, 0.2) is 12.4 Å². The third-order valence-electron chi connectivity index (χ3n) is 10.3. The second-order valence-electron chi connectivity index (χ2n) is 11.3. The van der Waals surface area contributed by atoms with Crippen molar-refractivity contribution in [2.45, 2.75) is 96.6 Å². The largest absolute Gasteiger partial charge is 0.247 e. The molecule has 2 unspecified atom stereocenters. The van der Waals surface area contributed by atoms with Crippen molar-refractivity contribution in [3.63, 3.8) is 0 Å². The number of aromatic nitrogens is 4. The monoisotopic (exact) mass is 364 g/mol. The lowest BCUT2D eigenvalue weighted by molar-refractivity contribution is 0.208. The highest BCUT2D eigenvalue weighted by Crippen LogP contribution is 2.69. The van der Waals surface area contributed by atoms with Crippen molar-refractivity contribution in [1.29, 1.82) is 0 Å². The van der Waals surface area contributed by atoms with Gasteiger partial charge in [-0.15, -0.1) is 0 Å². The summed E-state index contributed by atoms with van der Waals surface area (Å²) in [6.45, 7) is 15.5. The van der Waals surface area contributed by atoms with Crippen LogP contribution in [0.5, 0.6) is 0 Å². The van der Waals surface area contributed by atoms with Crippen LogP contribution in [0.1, 0.15) is 102 Å². The Kier molecular flexibility index (Phi) is 2.65. The molecule has 2 aromatic rings. The van der Waals surface area contributed by atoms with Crippen molar-refractivity contribution in [3.8, 4) is 0 Å². The molecule has 4 aliphatic carbocycles. The lowest BCUT2D eigenvalue weighted by Crippen LogP contribution is -2.36. The van der Waals surface area contributed by atoms with Crippen LogP contribution in [0, 0.1) is 10.8 Å². The molecule has 27 heavy (non-hydrogen) atoms. The van der Waals surface area contributed by atoms with Gasteiger partial charge in [-0.25, -0.2) is 9.36 Å². The minimum absolute atomic E-state index is 0.238. The van der Waals surface area contributed by atoms with Crippen LogP contribution in [-0.2, 0) is 17.5 Å². The zero-order valence-electron chi connectivity index (χ0n) is 17.6. The molecule has 0 aliphatic heterocycles. The van der Waals surface area contributed by atoms with Gasteiger partial charge in [0.15, 0.2) is 0 Å². The molecule has 0 N–H and O–H groups in total. The number of hydrogen-bond acceptors (Lipinski definition) is 2. The third-order valence-corrected chi connectivity index (χ3v) is 10.3. The molecule has 0 radical (unpaired) electrons. The molecule has 0 spiro atoms. The Balaban J connectivity index is 1.45. The van der Waals surface area contributed by atoms with Crippen molar-refractivity contribution < 1.29 is 0 Å². The zero-order valence-corrected chi connectivity index (χ0v) is 17.6. The number of nitrogens with zero attached hydrogens (tertiary/aromatic N) is 4. The van der Waals surface area contributed by atoms with Crippen molar-refractivity contribution >= 4 is 0 Å². The van der Waals surface area contributed by atoms with Crippen LogP contribution in [-0.4, -0.2) is 19.6 Å². The van der Waals surface area contributed by atoms with Gasteiger partial charge in [-0.2, -0.15) is 10.2 Å². The summed E-state index contributed by atoms with van der Waals surface area (Å²) in [6.07, 6.45) is 9.52. The van der Waals surface area contributed by atoms with Gasteiger partial charge < -0.3 is 0 Å². The Hall–Kier alpha value is -1.58. The Morgan fingerprint density at radius 1 is 0.778 bits per heavy atom. The first-order valence-corrected chi connectivity index (χ1v) is 10.8. The van der Waals surface area contributed by atoms with E-state index in [4.69, 9.17) is 10.2 Å². The zero-order chi connectivity index (χ0) is 19.0. The summed E-state index contributed by atoms with van der Waals surface area (Å²) >= 11 is 0. The van der Waals surface area contributed by atoms with Crippen LogP contribution in [0.4, 0.5) is 0 Å². The number of hydrogen-bond donors (Lipinski definition) is 0. The average Bonchev–Trinajstić information content (AvgIpc) is 3.35. The second-order valence-corrected chi connectivity index (χ2v) is 11.3. The molecule has 0 saturated heterocycles. The Bertz CT molecular complexity index is 898. The highest BCUT2D eigenvalue weighted by atomic mass is 15.4. The summed E-state index contributed by atoms with van der Waals surface area (Å²) in [4.78, 5) is 0. The van der Waals surface area contributed by atoms with E-state index >= 15 is 0 Å². The van der Waals surface area contributed by atoms with Gasteiger partial charge in [0, 0.05) is 10.8 Å². The van der Waals surface area contributed by atoms with Gasteiger partial charge in [-0.1, -0.05) is 41.5 Å². The van der Waals surface area contributed by atoms with Gasteiger partial charge in [-0.3, -0.25) is 0 Å². The summed E-state index contributed by atoms with van der Waals surface area (Å²) in [5, 5.41) is 9.73. The molecule has 4 nitrogen and oxygen atoms in total. The van der Waals surface area contributed by atoms with Gasteiger partial charge in [-0.05, 0) is 59.5 Å². The predicted octanol–water partition coefficient (Wildman–Crippen LogP) is 4.94. The van der Waals surface area contributed by atoms with E-state index in [0.29, 0.717) is 22.7 Å². The fraction of sp³-hybridized carbons (Fsp3) is 0.739. The van der Waals surface area contributed by atoms with E-state index in [1.165, 1.54) is 48.2 Å². The highest BCUT2D eigenvalue weighted by molar-refractivity contribution is 5.46. The van der Waals surface area contributed by atoms with E-state index in [1.807, 2.05) is 0 Å². The fourth-order valence-corrected chi connectivity index (χ4v) is 7.79. The van der Waals surface area contributed by atoms with Crippen LogP contribution in [0.25, 0.3) is 0 Å². The van der Waals surface area contributed by atoms with E-state index in [1.54, 1.807) is 0 Å². The quantitative estimate of drug-likeness (QED) is 0.757. The van der Waals surface area contributed by atoms with Crippen molar-refractivity contribution in [1.82, 2.24) is 19.6 Å². The van der Waals surface area contributed by atoms with E-state index in [-0.39, 0.29) is 10.8 Å². The molecule has 6 rings (SSSR count). The molecule has 0 amide bonds. The van der Waals surface area contributed by atoms with Crippen LogP contribution >= 0.6 is 0 Å². The van der Waals surface area contributed by atoms with Crippen molar-refractivity contribution in [3.05, 3.63) is 34.9 Å². The topological polar surface area (TPSA) is 35.6 Å². The normalized spacial score (nSPS) is 39.2. The average molecular weight is 365 g/mol. The summed E-state index contributed by atoms with van der Waals surface area (Å²) in [5.74, 6) is 1.34. The van der Waals surface area contributed by atoms with E-state index in [9.17, 15) is 0 Å². The molecule has 4 bridgehead atoms. The number of fused-ring (bicyclic) bond motifs is 10. The summed E-state index contributed by atoms with van der Waals surface area (Å²) in [6, 6.07) is 0. The maximum Gasteiger partial charge on any atom is 0.133 e. The fourth-order valence-electron chi connectivity index (χ4n) is 7.79. The minimum Gasteiger partial charge on any atom is -0.247 e. The molecule has 2 saturated carbocycles. The van der Waals surface area contributed by atoms with Crippen LogP contribution < -0.4 is 0 Å². The first kappa shape index (κ1) is 16.4. The van der Waals surface area contributed by atoms with Gasteiger partial charge in [0.05, 0.1) is 23.8 Å². The molecule has 4 aliphatic rings. The Labute approximate surface area is 162 Å². The maximum atomic E-state index is 4.87. The molecule has 2 fully saturated rings. The van der Waals surface area contributed by atoms with E-state index < -0.39 is 0 Å². The first-order chi connectivity index (χ1) is 12.6. The van der Waals surface area contributed by atoms with Gasteiger partial charge >= 0.3 is 0 Å². The minimum atomic E-state index is 0.238. The molecule has 144 valence electrons. The van der Waals surface area contributed by atoms with Crippen molar-refractivity contribution in [2.75, 3.05) is 0 Å². The standard InChI is InChI=1S/C23H32N4/c1-20(2)16-7-9-22(20,5)18-14(16)11-24-26(18)13-27-19-15(12-25-27)17-8-10-23(19,6)21(17,3)4/h11-12,16-17H,7-10,13H2,1-6H3/t16?,17?,22-,23-/m0/s1. The van der Waals surface area contributed by atoms with Gasteiger partial charge in [0.25, 0.3) is 0 Å². The SMILES string of the molecule is CC1(C)C2CC[C@@]1(C)c1c2cnn1Cn1ncc2c1[C@]1(C)CCC2C1(C)C. The molecule has 2 heterocycles.